The Morgan fingerprint density at radius 3 is 2.29 bits per heavy atom. The number of benzene rings is 3. The summed E-state index contributed by atoms with van der Waals surface area (Å²) in [6.07, 6.45) is 0. The molecule has 1 unspecified atom stereocenters. The second-order valence-corrected chi connectivity index (χ2v) is 9.46. The number of hydrogen-bond acceptors (Lipinski definition) is 6. The number of anilines is 1. The minimum Gasteiger partial charge on any atom is -0.494 e. The van der Waals surface area contributed by atoms with Gasteiger partial charge >= 0.3 is 5.97 Å². The van der Waals surface area contributed by atoms with Gasteiger partial charge in [-0.15, -0.1) is 0 Å². The number of para-hydroxylation sites is 1. The van der Waals surface area contributed by atoms with E-state index in [4.69, 9.17) is 9.47 Å². The Morgan fingerprint density at radius 1 is 0.943 bits per heavy atom. The molecule has 0 fully saturated rings. The molecule has 3 aromatic rings. The van der Waals surface area contributed by atoms with E-state index in [-0.39, 0.29) is 22.2 Å². The third-order valence-corrected chi connectivity index (χ3v) is 6.58. The summed E-state index contributed by atoms with van der Waals surface area (Å²) in [5, 5.41) is 2.79. The number of ether oxygens (including phenoxy) is 2. The van der Waals surface area contributed by atoms with E-state index in [1.807, 2.05) is 45.0 Å². The van der Waals surface area contributed by atoms with Crippen LogP contribution in [0.25, 0.3) is 0 Å². The SMILES string of the molecule is CCOc1ccc(S(=O)(=O)Nc2ccccc2C(=O)OCC(=O)NC(C)c2ccccc2C)cc1. The van der Waals surface area contributed by atoms with E-state index in [0.717, 1.165) is 11.1 Å². The molecule has 0 aliphatic carbocycles. The molecule has 9 heteroatoms. The number of amides is 1. The Labute approximate surface area is 205 Å². The Bertz CT molecular complexity index is 1290. The predicted octanol–water partition coefficient (Wildman–Crippen LogP) is 4.23. The lowest BCUT2D eigenvalue weighted by atomic mass is 10.0. The molecule has 184 valence electrons. The zero-order valence-electron chi connectivity index (χ0n) is 19.8. The van der Waals surface area contributed by atoms with Gasteiger partial charge in [-0.1, -0.05) is 36.4 Å². The van der Waals surface area contributed by atoms with Gasteiger partial charge in [0, 0.05) is 0 Å². The highest BCUT2D eigenvalue weighted by molar-refractivity contribution is 7.92. The van der Waals surface area contributed by atoms with Crippen LogP contribution in [0.15, 0.2) is 77.7 Å². The molecular formula is C26H28N2O6S. The number of aryl methyl sites for hydroxylation is 1. The van der Waals surface area contributed by atoms with Gasteiger partial charge in [-0.25, -0.2) is 13.2 Å². The fourth-order valence-corrected chi connectivity index (χ4v) is 4.56. The number of carbonyl (C=O) groups excluding carboxylic acids is 2. The molecule has 0 bridgehead atoms. The van der Waals surface area contributed by atoms with E-state index in [1.165, 1.54) is 24.3 Å². The number of carbonyl (C=O) groups is 2. The first-order valence-corrected chi connectivity index (χ1v) is 12.6. The van der Waals surface area contributed by atoms with E-state index < -0.39 is 28.5 Å². The van der Waals surface area contributed by atoms with Crippen LogP contribution in [0.2, 0.25) is 0 Å². The molecule has 0 aromatic heterocycles. The molecule has 0 heterocycles. The molecule has 1 amide bonds. The summed E-state index contributed by atoms with van der Waals surface area (Å²) in [6, 6.07) is 19.3. The molecule has 0 radical (unpaired) electrons. The lowest BCUT2D eigenvalue weighted by Gasteiger charge is -2.17. The van der Waals surface area contributed by atoms with E-state index in [2.05, 4.69) is 10.0 Å². The molecule has 35 heavy (non-hydrogen) atoms. The monoisotopic (exact) mass is 496 g/mol. The van der Waals surface area contributed by atoms with Gasteiger partial charge in [0.25, 0.3) is 15.9 Å². The van der Waals surface area contributed by atoms with Crippen molar-refractivity contribution >= 4 is 27.6 Å². The maximum absolute atomic E-state index is 12.8. The fraction of sp³-hybridized carbons (Fsp3) is 0.231. The zero-order chi connectivity index (χ0) is 25.4. The van der Waals surface area contributed by atoms with Crippen LogP contribution in [0.1, 0.15) is 41.4 Å². The first-order valence-electron chi connectivity index (χ1n) is 11.1. The van der Waals surface area contributed by atoms with Gasteiger partial charge in [-0.2, -0.15) is 0 Å². The van der Waals surface area contributed by atoms with Gasteiger partial charge < -0.3 is 14.8 Å². The lowest BCUT2D eigenvalue weighted by molar-refractivity contribution is -0.124. The van der Waals surface area contributed by atoms with Crippen LogP contribution in [0.3, 0.4) is 0 Å². The van der Waals surface area contributed by atoms with Crippen molar-refractivity contribution in [1.82, 2.24) is 5.32 Å². The summed E-state index contributed by atoms with van der Waals surface area (Å²) in [4.78, 5) is 25.0. The molecule has 2 N–H and O–H groups in total. The summed E-state index contributed by atoms with van der Waals surface area (Å²) in [5.74, 6) is -0.749. The van der Waals surface area contributed by atoms with E-state index in [9.17, 15) is 18.0 Å². The highest BCUT2D eigenvalue weighted by Crippen LogP contribution is 2.23. The Balaban J connectivity index is 1.65. The molecule has 3 rings (SSSR count). The van der Waals surface area contributed by atoms with Crippen molar-refractivity contribution in [1.29, 1.82) is 0 Å². The van der Waals surface area contributed by atoms with Crippen molar-refractivity contribution in [2.75, 3.05) is 17.9 Å². The minimum absolute atomic E-state index is 0.00805. The van der Waals surface area contributed by atoms with Gasteiger partial charge in [0.05, 0.1) is 28.8 Å². The predicted molar refractivity (Wildman–Crippen MR) is 133 cm³/mol. The van der Waals surface area contributed by atoms with Crippen molar-refractivity contribution in [3.8, 4) is 5.75 Å². The van der Waals surface area contributed by atoms with Crippen LogP contribution in [0, 0.1) is 6.92 Å². The second-order valence-electron chi connectivity index (χ2n) is 7.78. The zero-order valence-corrected chi connectivity index (χ0v) is 20.6. The molecule has 8 nitrogen and oxygen atoms in total. The molecule has 1 atom stereocenters. The molecule has 0 aliphatic heterocycles. The highest BCUT2D eigenvalue weighted by atomic mass is 32.2. The maximum atomic E-state index is 12.8. The van der Waals surface area contributed by atoms with Crippen molar-refractivity contribution in [2.24, 2.45) is 0 Å². The third kappa shape index (κ3) is 6.83. The fourth-order valence-electron chi connectivity index (χ4n) is 3.48. The molecule has 0 spiro atoms. The first-order chi connectivity index (χ1) is 16.7. The average Bonchev–Trinajstić information content (AvgIpc) is 2.83. The number of sulfonamides is 1. The van der Waals surface area contributed by atoms with Crippen LogP contribution in [0.4, 0.5) is 5.69 Å². The Morgan fingerprint density at radius 2 is 1.60 bits per heavy atom. The maximum Gasteiger partial charge on any atom is 0.340 e. The first kappa shape index (κ1) is 25.8. The molecular weight excluding hydrogens is 468 g/mol. The van der Waals surface area contributed by atoms with Crippen molar-refractivity contribution in [2.45, 2.75) is 31.7 Å². The lowest BCUT2D eigenvalue weighted by Crippen LogP contribution is -2.31. The van der Waals surface area contributed by atoms with Crippen molar-refractivity contribution < 1.29 is 27.5 Å². The topological polar surface area (TPSA) is 111 Å². The second kappa shape index (κ2) is 11.5. The van der Waals surface area contributed by atoms with Crippen LogP contribution in [-0.2, 0) is 19.6 Å². The summed E-state index contributed by atoms with van der Waals surface area (Å²) in [6.45, 7) is 5.57. The quantitative estimate of drug-likeness (QED) is 0.407. The number of esters is 1. The van der Waals surface area contributed by atoms with Crippen LogP contribution in [0.5, 0.6) is 5.75 Å². The van der Waals surface area contributed by atoms with Crippen LogP contribution >= 0.6 is 0 Å². The average molecular weight is 497 g/mol. The van der Waals surface area contributed by atoms with Gasteiger partial charge in [0.2, 0.25) is 0 Å². The van der Waals surface area contributed by atoms with E-state index in [0.29, 0.717) is 12.4 Å². The number of rotatable bonds is 10. The smallest absolute Gasteiger partial charge is 0.340 e. The van der Waals surface area contributed by atoms with Crippen molar-refractivity contribution in [3.63, 3.8) is 0 Å². The largest absolute Gasteiger partial charge is 0.494 e. The summed E-state index contributed by atoms with van der Waals surface area (Å²) in [7, 11) is -3.98. The minimum atomic E-state index is -3.98. The number of nitrogens with one attached hydrogen (secondary N) is 2. The molecule has 0 saturated heterocycles. The van der Waals surface area contributed by atoms with Gasteiger partial charge in [0.1, 0.15) is 5.75 Å². The van der Waals surface area contributed by atoms with Crippen LogP contribution < -0.4 is 14.8 Å². The number of hydrogen-bond donors (Lipinski definition) is 2. The van der Waals surface area contributed by atoms with E-state index >= 15 is 0 Å². The van der Waals surface area contributed by atoms with Crippen molar-refractivity contribution in [3.05, 3.63) is 89.5 Å². The van der Waals surface area contributed by atoms with E-state index in [1.54, 1.807) is 24.3 Å². The third-order valence-electron chi connectivity index (χ3n) is 5.20. The standard InChI is InChI=1S/C26H28N2O6S/c1-4-33-20-13-15-21(16-14-20)35(31,32)28-24-12-8-7-11-23(24)26(30)34-17-25(29)27-19(3)22-10-6-5-9-18(22)2/h5-16,19,28H,4,17H2,1-3H3,(H,27,29). The van der Waals surface area contributed by atoms with Gasteiger partial charge in [-0.3, -0.25) is 9.52 Å². The molecule has 0 saturated carbocycles. The highest BCUT2D eigenvalue weighted by Gasteiger charge is 2.20. The molecule has 0 aliphatic rings. The van der Waals surface area contributed by atoms with Crippen LogP contribution in [-0.4, -0.2) is 33.5 Å². The normalized spacial score (nSPS) is 11.9. The Hall–Kier alpha value is -3.85. The Kier molecular flexibility index (Phi) is 8.48. The summed E-state index contributed by atoms with van der Waals surface area (Å²) < 4.78 is 38.6. The van der Waals surface area contributed by atoms with Gasteiger partial charge in [0.15, 0.2) is 6.61 Å². The summed E-state index contributed by atoms with van der Waals surface area (Å²) in [5.41, 5.74) is 2.02. The summed E-state index contributed by atoms with van der Waals surface area (Å²) >= 11 is 0. The van der Waals surface area contributed by atoms with Gasteiger partial charge in [-0.05, 0) is 68.3 Å². The molecule has 3 aromatic carbocycles.